The smallest absolute Gasteiger partial charge is 0.317 e. The number of urea groups is 1. The van der Waals surface area contributed by atoms with Gasteiger partial charge in [-0.05, 0) is 39.2 Å². The summed E-state index contributed by atoms with van der Waals surface area (Å²) >= 11 is 0. The molecule has 0 heterocycles. The minimum Gasteiger partial charge on any atom is -0.335 e. The lowest BCUT2D eigenvalue weighted by molar-refractivity contribution is 0.181. The zero-order valence-corrected chi connectivity index (χ0v) is 9.12. The Labute approximate surface area is 85.8 Å². The molecule has 0 spiro atoms. The summed E-state index contributed by atoms with van der Waals surface area (Å²) < 4.78 is 0. The topological polar surface area (TPSA) is 58.4 Å². The van der Waals surface area contributed by atoms with Gasteiger partial charge < -0.3 is 16.0 Å². The fourth-order valence-electron chi connectivity index (χ4n) is 1.46. The van der Waals surface area contributed by atoms with Crippen LogP contribution in [-0.4, -0.2) is 36.6 Å². The first-order chi connectivity index (χ1) is 6.65. The lowest BCUT2D eigenvalue weighted by Crippen LogP contribution is -2.48. The molecule has 1 aliphatic rings. The fourth-order valence-corrected chi connectivity index (χ4v) is 1.46. The van der Waals surface area contributed by atoms with E-state index < -0.39 is 0 Å². The van der Waals surface area contributed by atoms with Gasteiger partial charge in [0.25, 0.3) is 0 Å². The van der Waals surface area contributed by atoms with Gasteiger partial charge in [-0.3, -0.25) is 0 Å². The van der Waals surface area contributed by atoms with Gasteiger partial charge in [0.15, 0.2) is 0 Å². The zero-order valence-electron chi connectivity index (χ0n) is 9.12. The molecule has 4 nitrogen and oxygen atoms in total. The Morgan fingerprint density at radius 3 is 2.71 bits per heavy atom. The van der Waals surface area contributed by atoms with Gasteiger partial charge >= 0.3 is 6.03 Å². The van der Waals surface area contributed by atoms with Crippen molar-refractivity contribution >= 4 is 6.03 Å². The normalized spacial score (nSPS) is 18.5. The zero-order chi connectivity index (χ0) is 10.6. The van der Waals surface area contributed by atoms with Crippen LogP contribution in [-0.2, 0) is 0 Å². The first-order valence-corrected chi connectivity index (χ1v) is 5.38. The molecule has 0 saturated heterocycles. The van der Waals surface area contributed by atoms with E-state index in [0.717, 1.165) is 19.3 Å². The standard InChI is InChI=1S/C10H21N3O/c1-8(6-7-11)13(2)10(14)12-9-4-3-5-9/h8-9H,3-7,11H2,1-2H3,(H,12,14). The van der Waals surface area contributed by atoms with Crippen LogP contribution in [0.2, 0.25) is 0 Å². The van der Waals surface area contributed by atoms with Crippen LogP contribution in [0.1, 0.15) is 32.6 Å². The van der Waals surface area contributed by atoms with E-state index in [2.05, 4.69) is 5.32 Å². The van der Waals surface area contributed by atoms with Crippen molar-refractivity contribution in [1.29, 1.82) is 0 Å². The maximum Gasteiger partial charge on any atom is 0.317 e. The second-order valence-electron chi connectivity index (χ2n) is 4.11. The summed E-state index contributed by atoms with van der Waals surface area (Å²) in [4.78, 5) is 13.4. The van der Waals surface area contributed by atoms with E-state index in [1.165, 1.54) is 6.42 Å². The van der Waals surface area contributed by atoms with E-state index in [-0.39, 0.29) is 12.1 Å². The average molecular weight is 199 g/mol. The maximum absolute atomic E-state index is 11.6. The number of hydrogen-bond donors (Lipinski definition) is 2. The minimum atomic E-state index is 0.0376. The number of nitrogens with two attached hydrogens (primary N) is 1. The molecule has 1 aliphatic carbocycles. The van der Waals surface area contributed by atoms with Crippen LogP contribution in [0.4, 0.5) is 4.79 Å². The summed E-state index contributed by atoms with van der Waals surface area (Å²) in [6.07, 6.45) is 4.36. The molecule has 0 aromatic carbocycles. The maximum atomic E-state index is 11.6. The average Bonchev–Trinajstić information content (AvgIpc) is 2.10. The Balaban J connectivity index is 2.26. The molecule has 14 heavy (non-hydrogen) atoms. The third-order valence-electron chi connectivity index (χ3n) is 3.00. The molecule has 1 atom stereocenters. The van der Waals surface area contributed by atoms with Gasteiger partial charge in [0.2, 0.25) is 0 Å². The van der Waals surface area contributed by atoms with E-state index >= 15 is 0 Å². The summed E-state index contributed by atoms with van der Waals surface area (Å²) in [6.45, 7) is 2.65. The summed E-state index contributed by atoms with van der Waals surface area (Å²) in [5.41, 5.74) is 5.45. The molecule has 0 aromatic rings. The first kappa shape index (κ1) is 11.3. The number of hydrogen-bond acceptors (Lipinski definition) is 2. The highest BCUT2D eigenvalue weighted by atomic mass is 16.2. The highest BCUT2D eigenvalue weighted by molar-refractivity contribution is 5.74. The molecule has 3 N–H and O–H groups in total. The highest BCUT2D eigenvalue weighted by Gasteiger charge is 2.22. The molecule has 1 unspecified atom stereocenters. The number of carbonyl (C=O) groups is 1. The summed E-state index contributed by atoms with van der Waals surface area (Å²) in [5.74, 6) is 0. The third kappa shape index (κ3) is 2.87. The molecular formula is C10H21N3O. The van der Waals surface area contributed by atoms with E-state index in [1.54, 1.807) is 4.90 Å². The Kier molecular flexibility index (Phi) is 4.20. The van der Waals surface area contributed by atoms with Crippen molar-refractivity contribution < 1.29 is 4.79 Å². The van der Waals surface area contributed by atoms with Gasteiger partial charge in [-0.1, -0.05) is 0 Å². The van der Waals surface area contributed by atoms with Crippen molar-refractivity contribution in [3.8, 4) is 0 Å². The van der Waals surface area contributed by atoms with Crippen LogP contribution >= 0.6 is 0 Å². The molecular weight excluding hydrogens is 178 g/mol. The van der Waals surface area contributed by atoms with Gasteiger partial charge in [0.05, 0.1) is 0 Å². The number of rotatable bonds is 4. The number of nitrogens with zero attached hydrogens (tertiary/aromatic N) is 1. The van der Waals surface area contributed by atoms with E-state index in [1.807, 2.05) is 14.0 Å². The van der Waals surface area contributed by atoms with Crippen LogP contribution in [0.15, 0.2) is 0 Å². The predicted octanol–water partition coefficient (Wildman–Crippen LogP) is 0.918. The number of nitrogens with one attached hydrogen (secondary N) is 1. The van der Waals surface area contributed by atoms with Crippen molar-refractivity contribution in [2.75, 3.05) is 13.6 Å². The van der Waals surface area contributed by atoms with E-state index in [9.17, 15) is 4.79 Å². The van der Waals surface area contributed by atoms with Crippen LogP contribution in [0.3, 0.4) is 0 Å². The molecule has 0 aromatic heterocycles. The number of amides is 2. The van der Waals surface area contributed by atoms with Crippen LogP contribution in [0.25, 0.3) is 0 Å². The Morgan fingerprint density at radius 2 is 2.29 bits per heavy atom. The molecule has 0 radical (unpaired) electrons. The van der Waals surface area contributed by atoms with E-state index in [0.29, 0.717) is 12.6 Å². The number of carbonyl (C=O) groups excluding carboxylic acids is 1. The molecule has 2 amide bonds. The molecule has 1 fully saturated rings. The largest absolute Gasteiger partial charge is 0.335 e. The lowest BCUT2D eigenvalue weighted by atomic mass is 9.93. The second kappa shape index (κ2) is 5.20. The molecule has 0 aliphatic heterocycles. The highest BCUT2D eigenvalue weighted by Crippen LogP contribution is 2.18. The van der Waals surface area contributed by atoms with Gasteiger partial charge in [-0.2, -0.15) is 0 Å². The lowest BCUT2D eigenvalue weighted by Gasteiger charge is -2.31. The van der Waals surface area contributed by atoms with Crippen molar-refractivity contribution in [2.45, 2.75) is 44.7 Å². The second-order valence-corrected chi connectivity index (χ2v) is 4.11. The molecule has 82 valence electrons. The van der Waals surface area contributed by atoms with Crippen LogP contribution in [0, 0.1) is 0 Å². The Morgan fingerprint density at radius 1 is 1.64 bits per heavy atom. The summed E-state index contributed by atoms with van der Waals surface area (Å²) in [5, 5.41) is 3.00. The predicted molar refractivity (Wildman–Crippen MR) is 57.1 cm³/mol. The molecule has 4 heteroatoms. The fraction of sp³-hybridized carbons (Fsp3) is 0.900. The third-order valence-corrected chi connectivity index (χ3v) is 3.00. The molecule has 0 bridgehead atoms. The SMILES string of the molecule is CC(CCN)N(C)C(=O)NC1CCC1. The van der Waals surface area contributed by atoms with Crippen molar-refractivity contribution in [3.63, 3.8) is 0 Å². The quantitative estimate of drug-likeness (QED) is 0.707. The van der Waals surface area contributed by atoms with E-state index in [4.69, 9.17) is 5.73 Å². The van der Waals surface area contributed by atoms with Crippen molar-refractivity contribution in [1.82, 2.24) is 10.2 Å². The van der Waals surface area contributed by atoms with Crippen molar-refractivity contribution in [2.24, 2.45) is 5.73 Å². The summed E-state index contributed by atoms with van der Waals surface area (Å²) in [6, 6.07) is 0.672. The van der Waals surface area contributed by atoms with Gasteiger partial charge in [0.1, 0.15) is 0 Å². The van der Waals surface area contributed by atoms with Gasteiger partial charge in [-0.15, -0.1) is 0 Å². The first-order valence-electron chi connectivity index (χ1n) is 5.38. The van der Waals surface area contributed by atoms with Crippen LogP contribution < -0.4 is 11.1 Å². The Hall–Kier alpha value is -0.770. The monoisotopic (exact) mass is 199 g/mol. The molecule has 1 saturated carbocycles. The summed E-state index contributed by atoms with van der Waals surface area (Å²) in [7, 11) is 1.83. The van der Waals surface area contributed by atoms with Gasteiger partial charge in [-0.25, -0.2) is 4.79 Å². The van der Waals surface area contributed by atoms with Crippen LogP contribution in [0.5, 0.6) is 0 Å². The van der Waals surface area contributed by atoms with Crippen molar-refractivity contribution in [3.05, 3.63) is 0 Å². The molecule has 1 rings (SSSR count). The van der Waals surface area contributed by atoms with Gasteiger partial charge in [0, 0.05) is 19.1 Å². The minimum absolute atomic E-state index is 0.0376. The Bertz CT molecular complexity index is 192.